The van der Waals surface area contributed by atoms with Gasteiger partial charge in [-0.1, -0.05) is 20.8 Å². The molecule has 68 valence electrons. The fourth-order valence-electron chi connectivity index (χ4n) is 0.477. The van der Waals surface area contributed by atoms with E-state index in [9.17, 15) is 8.42 Å². The molecule has 0 heterocycles. The Labute approximate surface area is 67.5 Å². The lowest BCUT2D eigenvalue weighted by Crippen LogP contribution is -2.40. The van der Waals surface area contributed by atoms with Crippen molar-refractivity contribution in [1.82, 2.24) is 0 Å². The van der Waals surface area contributed by atoms with Crippen molar-refractivity contribution in [2.75, 3.05) is 5.75 Å². The van der Waals surface area contributed by atoms with Crippen LogP contribution in [-0.4, -0.2) is 24.8 Å². The van der Waals surface area contributed by atoms with E-state index in [1.807, 2.05) is 20.8 Å². The van der Waals surface area contributed by atoms with E-state index < -0.39 is 16.2 Å². The fourth-order valence-corrected chi connectivity index (χ4v) is 1.43. The van der Waals surface area contributed by atoms with Crippen LogP contribution < -0.4 is 5.73 Å². The zero-order valence-electron chi connectivity index (χ0n) is 7.03. The molecule has 11 heavy (non-hydrogen) atoms. The number of hydrogen-bond donors (Lipinski definition) is 2. The molecule has 4 nitrogen and oxygen atoms in total. The second kappa shape index (κ2) is 3.08. The molecule has 0 aliphatic carbocycles. The van der Waals surface area contributed by atoms with Gasteiger partial charge in [-0.3, -0.25) is 4.55 Å². The Morgan fingerprint density at radius 1 is 1.45 bits per heavy atom. The summed E-state index contributed by atoms with van der Waals surface area (Å²) < 4.78 is 29.2. The van der Waals surface area contributed by atoms with Gasteiger partial charge in [-0.15, -0.1) is 0 Å². The molecule has 0 rings (SSSR count). The molecular formula is C6H15NO3S. The number of rotatable bonds is 2. The smallest absolute Gasteiger partial charge is 0.266 e. The molecule has 0 bridgehead atoms. The molecule has 0 aromatic rings. The van der Waals surface area contributed by atoms with Gasteiger partial charge < -0.3 is 5.73 Å². The standard InChI is InChI=1S/C6H15NO3S/c1-6(2,3)5(7)4-11(8,9)10/h5H,4,7H2,1-3H3,(H,8,9,10)/t5-/m0/s1. The van der Waals surface area contributed by atoms with Crippen LogP contribution in [0.4, 0.5) is 0 Å². The molecule has 0 radical (unpaired) electrons. The zero-order valence-corrected chi connectivity index (χ0v) is 7.85. The normalized spacial score (nSPS) is 16.5. The molecule has 1 atom stereocenters. The van der Waals surface area contributed by atoms with Crippen molar-refractivity contribution in [3.05, 3.63) is 0 Å². The summed E-state index contributed by atoms with van der Waals surface area (Å²) in [5, 5.41) is 0. The largest absolute Gasteiger partial charge is 0.326 e. The van der Waals surface area contributed by atoms with Crippen LogP contribution in [0.25, 0.3) is 0 Å². The average Bonchev–Trinajstić information content (AvgIpc) is 1.56. The lowest BCUT2D eigenvalue weighted by atomic mass is 9.89. The van der Waals surface area contributed by atoms with Gasteiger partial charge in [0.2, 0.25) is 0 Å². The van der Waals surface area contributed by atoms with E-state index in [0.29, 0.717) is 0 Å². The summed E-state index contributed by atoms with van der Waals surface area (Å²) in [7, 11) is -3.93. The van der Waals surface area contributed by atoms with Gasteiger partial charge in [0.15, 0.2) is 0 Å². The van der Waals surface area contributed by atoms with Gasteiger partial charge in [0.25, 0.3) is 10.1 Å². The average molecular weight is 181 g/mol. The molecule has 0 spiro atoms. The summed E-state index contributed by atoms with van der Waals surface area (Å²) in [6.07, 6.45) is 0. The van der Waals surface area contributed by atoms with E-state index in [2.05, 4.69) is 0 Å². The van der Waals surface area contributed by atoms with Gasteiger partial charge in [0.05, 0.1) is 5.75 Å². The maximum Gasteiger partial charge on any atom is 0.266 e. The van der Waals surface area contributed by atoms with E-state index in [1.165, 1.54) is 0 Å². The lowest BCUT2D eigenvalue weighted by Gasteiger charge is -2.25. The highest BCUT2D eigenvalue weighted by Crippen LogP contribution is 2.17. The maximum absolute atomic E-state index is 10.4. The van der Waals surface area contributed by atoms with Crippen molar-refractivity contribution >= 4 is 10.1 Å². The Kier molecular flexibility index (Phi) is 3.05. The van der Waals surface area contributed by atoms with Crippen LogP contribution >= 0.6 is 0 Å². The summed E-state index contributed by atoms with van der Waals surface area (Å²) in [5.74, 6) is -0.378. The second-order valence-electron chi connectivity index (χ2n) is 3.72. The van der Waals surface area contributed by atoms with Crippen molar-refractivity contribution in [2.24, 2.45) is 11.1 Å². The summed E-state index contributed by atoms with van der Waals surface area (Å²) >= 11 is 0. The summed E-state index contributed by atoms with van der Waals surface area (Å²) in [6, 6.07) is -0.530. The molecule has 0 saturated carbocycles. The predicted molar refractivity (Wildman–Crippen MR) is 43.8 cm³/mol. The molecule has 0 aliphatic heterocycles. The monoisotopic (exact) mass is 181 g/mol. The van der Waals surface area contributed by atoms with Crippen LogP contribution in [0.15, 0.2) is 0 Å². The van der Waals surface area contributed by atoms with Crippen LogP contribution in [0.2, 0.25) is 0 Å². The first-order chi connectivity index (χ1) is 4.63. The summed E-state index contributed by atoms with van der Waals surface area (Å²) in [4.78, 5) is 0. The molecule has 0 aromatic heterocycles. The van der Waals surface area contributed by atoms with Gasteiger partial charge in [-0.2, -0.15) is 8.42 Å². The van der Waals surface area contributed by atoms with Crippen molar-refractivity contribution in [3.8, 4) is 0 Å². The van der Waals surface area contributed by atoms with Crippen LogP contribution in [0.1, 0.15) is 20.8 Å². The maximum atomic E-state index is 10.4. The summed E-state index contributed by atoms with van der Waals surface area (Å²) in [6.45, 7) is 5.47. The van der Waals surface area contributed by atoms with Gasteiger partial charge in [0, 0.05) is 6.04 Å². The van der Waals surface area contributed by atoms with Crippen molar-refractivity contribution in [3.63, 3.8) is 0 Å². The van der Waals surface area contributed by atoms with Gasteiger partial charge in [-0.05, 0) is 5.41 Å². The molecule has 0 unspecified atom stereocenters. The Morgan fingerprint density at radius 3 is 1.91 bits per heavy atom. The van der Waals surface area contributed by atoms with E-state index in [4.69, 9.17) is 10.3 Å². The predicted octanol–water partition coefficient (Wildman–Crippen LogP) is 0.248. The molecule has 0 aliphatic rings. The van der Waals surface area contributed by atoms with Crippen LogP contribution in [0.5, 0.6) is 0 Å². The molecule has 0 amide bonds. The minimum Gasteiger partial charge on any atom is -0.326 e. The molecule has 3 N–H and O–H groups in total. The highest BCUT2D eigenvalue weighted by molar-refractivity contribution is 7.85. The third-order valence-electron chi connectivity index (χ3n) is 1.50. The second-order valence-corrected chi connectivity index (χ2v) is 5.22. The first-order valence-corrected chi connectivity index (χ1v) is 4.94. The van der Waals surface area contributed by atoms with Crippen LogP contribution in [-0.2, 0) is 10.1 Å². The fraction of sp³-hybridized carbons (Fsp3) is 1.00. The van der Waals surface area contributed by atoms with Crippen molar-refractivity contribution < 1.29 is 13.0 Å². The Bertz CT molecular complexity index is 214. The Balaban J connectivity index is 4.21. The minimum absolute atomic E-state index is 0.296. The minimum atomic E-state index is -3.93. The number of hydrogen-bond acceptors (Lipinski definition) is 3. The topological polar surface area (TPSA) is 80.4 Å². The van der Waals surface area contributed by atoms with Crippen LogP contribution in [0, 0.1) is 5.41 Å². The molecule has 0 saturated heterocycles. The highest BCUT2D eigenvalue weighted by atomic mass is 32.2. The van der Waals surface area contributed by atoms with Crippen molar-refractivity contribution in [1.29, 1.82) is 0 Å². The van der Waals surface area contributed by atoms with E-state index in [-0.39, 0.29) is 11.2 Å². The first-order valence-electron chi connectivity index (χ1n) is 3.33. The third-order valence-corrected chi connectivity index (χ3v) is 2.28. The highest BCUT2D eigenvalue weighted by Gasteiger charge is 2.24. The van der Waals surface area contributed by atoms with E-state index >= 15 is 0 Å². The Hall–Kier alpha value is -0.130. The van der Waals surface area contributed by atoms with Gasteiger partial charge in [0.1, 0.15) is 0 Å². The van der Waals surface area contributed by atoms with Crippen LogP contribution in [0.3, 0.4) is 0 Å². The van der Waals surface area contributed by atoms with Gasteiger partial charge >= 0.3 is 0 Å². The molecule has 0 fully saturated rings. The summed E-state index contributed by atoms with van der Waals surface area (Å²) in [5.41, 5.74) is 5.20. The molecule has 0 aromatic carbocycles. The Morgan fingerprint density at radius 2 is 1.82 bits per heavy atom. The SMILES string of the molecule is CC(C)(C)[C@@H](N)CS(=O)(=O)O. The molecular weight excluding hydrogens is 166 g/mol. The third kappa shape index (κ3) is 5.17. The quantitative estimate of drug-likeness (QED) is 0.598. The van der Waals surface area contributed by atoms with Gasteiger partial charge in [-0.25, -0.2) is 0 Å². The number of nitrogens with two attached hydrogens (primary N) is 1. The van der Waals surface area contributed by atoms with E-state index in [0.717, 1.165) is 0 Å². The van der Waals surface area contributed by atoms with Crippen molar-refractivity contribution in [2.45, 2.75) is 26.8 Å². The zero-order chi connectivity index (χ0) is 9.28. The lowest BCUT2D eigenvalue weighted by molar-refractivity contribution is 0.334. The van der Waals surface area contributed by atoms with E-state index in [1.54, 1.807) is 0 Å². The molecule has 5 heteroatoms. The first kappa shape index (κ1) is 10.9.